The molecular weight excluding hydrogens is 464 g/mol. The fourth-order valence-corrected chi connectivity index (χ4v) is 6.04. The second kappa shape index (κ2) is 9.19. The first-order chi connectivity index (χ1) is 15.3. The smallest absolute Gasteiger partial charge is 0.294 e. The van der Waals surface area contributed by atoms with E-state index in [2.05, 4.69) is 4.72 Å². The zero-order valence-electron chi connectivity index (χ0n) is 17.7. The quantitative estimate of drug-likeness (QED) is 0.375. The molecule has 1 aromatic heterocycles. The van der Waals surface area contributed by atoms with Gasteiger partial charge in [-0.3, -0.25) is 9.36 Å². The molecular formula is C24H23ClN2O3S2. The fourth-order valence-electron chi connectivity index (χ4n) is 3.58. The Kier molecular flexibility index (Phi) is 6.53. The molecule has 166 valence electrons. The molecule has 1 N–H and O–H groups in total. The number of rotatable bonds is 7. The molecule has 1 unspecified atom stereocenters. The van der Waals surface area contributed by atoms with Gasteiger partial charge in [0.2, 0.25) is 10.0 Å². The number of nitrogens with zero attached hydrogens (tertiary/aromatic N) is 1. The Morgan fingerprint density at radius 2 is 1.72 bits per heavy atom. The molecule has 5 nitrogen and oxygen atoms in total. The third-order valence-electron chi connectivity index (χ3n) is 5.39. The number of sulfonamides is 1. The van der Waals surface area contributed by atoms with Crippen LogP contribution in [0.1, 0.15) is 36.1 Å². The van der Waals surface area contributed by atoms with Gasteiger partial charge in [-0.1, -0.05) is 71.8 Å². The number of halogens is 1. The maximum Gasteiger partial charge on any atom is 0.308 e. The fraction of sp³-hybridized carbons (Fsp3) is 0.208. The molecule has 0 saturated carbocycles. The standard InChI is InChI=1S/C24H23ClN2O3S2/c1-3-21(18-8-4-16(2)5-9-18)26-32(29,30)20-12-13-22-23(14-20)31-24(28)27(22)15-17-6-10-19(25)11-7-17/h4-14,21,26H,3,15H2,1-2H3. The molecule has 8 heteroatoms. The molecule has 0 radical (unpaired) electrons. The van der Waals surface area contributed by atoms with Gasteiger partial charge in [0, 0.05) is 11.1 Å². The molecule has 1 atom stereocenters. The molecule has 1 heterocycles. The van der Waals surface area contributed by atoms with E-state index in [1.54, 1.807) is 34.9 Å². The van der Waals surface area contributed by atoms with Gasteiger partial charge in [0.05, 0.1) is 21.7 Å². The number of aryl methyl sites for hydroxylation is 1. The Balaban J connectivity index is 1.63. The van der Waals surface area contributed by atoms with Crippen LogP contribution in [0.2, 0.25) is 5.02 Å². The van der Waals surface area contributed by atoms with E-state index >= 15 is 0 Å². The Bertz CT molecular complexity index is 1410. The van der Waals surface area contributed by atoms with Crippen LogP contribution in [0, 0.1) is 6.92 Å². The van der Waals surface area contributed by atoms with E-state index in [0.717, 1.165) is 28.0 Å². The van der Waals surface area contributed by atoms with E-state index < -0.39 is 10.0 Å². The molecule has 0 bridgehead atoms. The van der Waals surface area contributed by atoms with Crippen molar-refractivity contribution in [3.05, 3.63) is 98.1 Å². The Labute approximate surface area is 196 Å². The van der Waals surface area contributed by atoms with E-state index in [9.17, 15) is 13.2 Å². The second-order valence-corrected chi connectivity index (χ2v) is 10.8. The van der Waals surface area contributed by atoms with Crippen LogP contribution in [0.4, 0.5) is 0 Å². The predicted molar refractivity (Wildman–Crippen MR) is 131 cm³/mol. The van der Waals surface area contributed by atoms with Crippen molar-refractivity contribution < 1.29 is 8.42 Å². The van der Waals surface area contributed by atoms with Crippen LogP contribution in [0.25, 0.3) is 10.2 Å². The minimum atomic E-state index is -3.76. The topological polar surface area (TPSA) is 68.2 Å². The minimum absolute atomic E-state index is 0.136. The van der Waals surface area contributed by atoms with Crippen molar-refractivity contribution in [1.29, 1.82) is 0 Å². The molecule has 32 heavy (non-hydrogen) atoms. The van der Waals surface area contributed by atoms with Gasteiger partial charge in [-0.2, -0.15) is 0 Å². The van der Waals surface area contributed by atoms with Gasteiger partial charge in [-0.05, 0) is 54.8 Å². The van der Waals surface area contributed by atoms with Gasteiger partial charge < -0.3 is 0 Å². The summed E-state index contributed by atoms with van der Waals surface area (Å²) in [6.45, 7) is 4.33. The lowest BCUT2D eigenvalue weighted by atomic mass is 10.0. The van der Waals surface area contributed by atoms with Crippen molar-refractivity contribution in [3.63, 3.8) is 0 Å². The molecule has 0 aliphatic heterocycles. The lowest BCUT2D eigenvalue weighted by Crippen LogP contribution is -2.28. The van der Waals surface area contributed by atoms with E-state index in [4.69, 9.17) is 11.6 Å². The molecule has 4 rings (SSSR count). The van der Waals surface area contributed by atoms with Gasteiger partial charge in [-0.25, -0.2) is 13.1 Å². The number of aromatic nitrogens is 1. The highest BCUT2D eigenvalue weighted by atomic mass is 35.5. The summed E-state index contributed by atoms with van der Waals surface area (Å²) in [7, 11) is -3.76. The molecule has 3 aromatic carbocycles. The molecule has 0 amide bonds. The van der Waals surface area contributed by atoms with Gasteiger partial charge in [0.25, 0.3) is 0 Å². The Hall–Kier alpha value is -2.45. The van der Waals surface area contributed by atoms with Crippen LogP contribution in [0.5, 0.6) is 0 Å². The van der Waals surface area contributed by atoms with E-state index in [-0.39, 0.29) is 15.8 Å². The summed E-state index contributed by atoms with van der Waals surface area (Å²) >= 11 is 6.99. The number of hydrogen-bond acceptors (Lipinski definition) is 4. The third-order valence-corrected chi connectivity index (χ3v) is 8.05. The highest BCUT2D eigenvalue weighted by molar-refractivity contribution is 7.89. The molecule has 0 aliphatic carbocycles. The highest BCUT2D eigenvalue weighted by Crippen LogP contribution is 2.25. The van der Waals surface area contributed by atoms with E-state index in [0.29, 0.717) is 28.2 Å². The van der Waals surface area contributed by atoms with Gasteiger partial charge in [0.1, 0.15) is 0 Å². The van der Waals surface area contributed by atoms with Crippen LogP contribution in [-0.4, -0.2) is 13.0 Å². The van der Waals surface area contributed by atoms with Crippen LogP contribution in [-0.2, 0) is 16.6 Å². The first-order valence-corrected chi connectivity index (χ1v) is 12.9. The summed E-state index contributed by atoms with van der Waals surface area (Å²) in [5.74, 6) is 0. The first kappa shape index (κ1) is 22.7. The maximum atomic E-state index is 13.1. The van der Waals surface area contributed by atoms with Crippen molar-refractivity contribution in [1.82, 2.24) is 9.29 Å². The molecule has 0 saturated heterocycles. The van der Waals surface area contributed by atoms with E-state index in [1.165, 1.54) is 0 Å². The van der Waals surface area contributed by atoms with E-state index in [1.807, 2.05) is 50.2 Å². The third kappa shape index (κ3) is 4.81. The van der Waals surface area contributed by atoms with Crippen molar-refractivity contribution in [2.24, 2.45) is 0 Å². The summed E-state index contributed by atoms with van der Waals surface area (Å²) < 4.78 is 31.3. The summed E-state index contributed by atoms with van der Waals surface area (Å²) in [6, 6.07) is 19.6. The van der Waals surface area contributed by atoms with Crippen molar-refractivity contribution in [2.45, 2.75) is 37.8 Å². The Morgan fingerprint density at radius 3 is 2.38 bits per heavy atom. The second-order valence-electron chi connectivity index (χ2n) is 7.70. The average molecular weight is 487 g/mol. The van der Waals surface area contributed by atoms with Crippen molar-refractivity contribution in [2.75, 3.05) is 0 Å². The number of thiazole rings is 1. The summed E-state index contributed by atoms with van der Waals surface area (Å²) in [5.41, 5.74) is 3.69. The Morgan fingerprint density at radius 1 is 1.03 bits per heavy atom. The van der Waals surface area contributed by atoms with Crippen molar-refractivity contribution in [3.8, 4) is 0 Å². The lowest BCUT2D eigenvalue weighted by Gasteiger charge is -2.18. The monoisotopic (exact) mass is 486 g/mol. The zero-order chi connectivity index (χ0) is 22.9. The average Bonchev–Trinajstić information content (AvgIpc) is 3.08. The number of hydrogen-bond donors (Lipinski definition) is 1. The van der Waals surface area contributed by atoms with Gasteiger partial charge in [0.15, 0.2) is 0 Å². The summed E-state index contributed by atoms with van der Waals surface area (Å²) in [5, 5.41) is 0.634. The molecule has 0 fully saturated rings. The highest BCUT2D eigenvalue weighted by Gasteiger charge is 2.21. The molecule has 4 aromatic rings. The SMILES string of the molecule is CCC(NS(=O)(=O)c1ccc2c(c1)sc(=O)n2Cc1ccc(Cl)cc1)c1ccc(C)cc1. The largest absolute Gasteiger partial charge is 0.308 e. The van der Waals surface area contributed by atoms with Gasteiger partial charge >= 0.3 is 4.87 Å². The lowest BCUT2D eigenvalue weighted by molar-refractivity contribution is 0.550. The maximum absolute atomic E-state index is 13.1. The molecule has 0 spiro atoms. The number of benzene rings is 3. The molecule has 0 aliphatic rings. The van der Waals surface area contributed by atoms with Crippen LogP contribution in [0.15, 0.2) is 76.4 Å². The zero-order valence-corrected chi connectivity index (χ0v) is 20.1. The van der Waals surface area contributed by atoms with Crippen LogP contribution >= 0.6 is 22.9 Å². The van der Waals surface area contributed by atoms with Crippen LogP contribution < -0.4 is 9.60 Å². The van der Waals surface area contributed by atoms with Crippen molar-refractivity contribution >= 4 is 43.2 Å². The normalized spacial score (nSPS) is 12.8. The summed E-state index contributed by atoms with van der Waals surface area (Å²) in [4.78, 5) is 12.6. The van der Waals surface area contributed by atoms with Crippen LogP contribution in [0.3, 0.4) is 0 Å². The van der Waals surface area contributed by atoms with Gasteiger partial charge in [-0.15, -0.1) is 0 Å². The summed E-state index contributed by atoms with van der Waals surface area (Å²) in [6.07, 6.45) is 0.620. The minimum Gasteiger partial charge on any atom is -0.294 e. The number of fused-ring (bicyclic) bond motifs is 1. The number of nitrogens with one attached hydrogen (secondary N) is 1. The predicted octanol–water partition coefficient (Wildman–Crippen LogP) is 5.50. The first-order valence-electron chi connectivity index (χ1n) is 10.2.